The lowest BCUT2D eigenvalue weighted by molar-refractivity contribution is 0.102. The monoisotopic (exact) mass is 355 g/mol. The minimum atomic E-state index is -0.0794. The molecule has 0 atom stereocenters. The molecule has 0 saturated carbocycles. The summed E-state index contributed by atoms with van der Waals surface area (Å²) in [5, 5.41) is 3.06. The van der Waals surface area contributed by atoms with Gasteiger partial charge in [-0.2, -0.15) is 0 Å². The van der Waals surface area contributed by atoms with E-state index in [1.54, 1.807) is 0 Å². The number of aromatic amines is 1. The lowest BCUT2D eigenvalue weighted by Crippen LogP contribution is -2.14. The molecule has 1 amide bonds. The molecule has 3 aromatic carbocycles. The van der Waals surface area contributed by atoms with Gasteiger partial charge in [-0.15, -0.1) is 0 Å². The van der Waals surface area contributed by atoms with Gasteiger partial charge in [-0.1, -0.05) is 48.5 Å². The summed E-state index contributed by atoms with van der Waals surface area (Å²) < 4.78 is 0. The number of benzene rings is 3. The van der Waals surface area contributed by atoms with Gasteiger partial charge in [0.05, 0.1) is 11.0 Å². The summed E-state index contributed by atoms with van der Waals surface area (Å²) in [6.45, 7) is 1.95. The predicted octanol–water partition coefficient (Wildman–Crippen LogP) is 4.91. The number of para-hydroxylation sites is 3. The van der Waals surface area contributed by atoms with E-state index in [4.69, 9.17) is 0 Å². The number of carbonyl (C=O) groups excluding carboxylic acids is 1. The molecular weight excluding hydrogens is 334 g/mol. The number of hydrogen-bond donors (Lipinski definition) is 2. The van der Waals surface area contributed by atoms with Gasteiger partial charge in [0.2, 0.25) is 0 Å². The Kier molecular flexibility index (Phi) is 4.71. The van der Waals surface area contributed by atoms with E-state index in [0.717, 1.165) is 46.5 Å². The van der Waals surface area contributed by atoms with Crippen LogP contribution in [0.3, 0.4) is 0 Å². The van der Waals surface area contributed by atoms with Gasteiger partial charge in [0.1, 0.15) is 5.82 Å². The number of imidazole rings is 1. The van der Waals surface area contributed by atoms with Gasteiger partial charge in [0.25, 0.3) is 5.91 Å². The van der Waals surface area contributed by atoms with Crippen LogP contribution in [0.15, 0.2) is 72.8 Å². The van der Waals surface area contributed by atoms with E-state index in [1.807, 2.05) is 73.7 Å². The Hall–Kier alpha value is -3.40. The molecule has 0 bridgehead atoms. The van der Waals surface area contributed by atoms with Crippen molar-refractivity contribution in [1.82, 2.24) is 9.97 Å². The van der Waals surface area contributed by atoms with E-state index in [-0.39, 0.29) is 5.91 Å². The molecule has 0 radical (unpaired) electrons. The van der Waals surface area contributed by atoms with Crippen molar-refractivity contribution < 1.29 is 4.79 Å². The first kappa shape index (κ1) is 17.0. The highest BCUT2D eigenvalue weighted by Gasteiger charge is 2.11. The van der Waals surface area contributed by atoms with E-state index in [0.29, 0.717) is 5.56 Å². The minimum Gasteiger partial charge on any atom is -0.342 e. The molecule has 0 saturated heterocycles. The van der Waals surface area contributed by atoms with Crippen LogP contribution >= 0.6 is 0 Å². The first-order chi connectivity index (χ1) is 13.2. The fourth-order valence-corrected chi connectivity index (χ4v) is 3.25. The second-order valence-electron chi connectivity index (χ2n) is 6.63. The molecule has 0 aliphatic rings. The number of aryl methyl sites for hydroxylation is 3. The Morgan fingerprint density at radius 3 is 2.52 bits per heavy atom. The van der Waals surface area contributed by atoms with Crippen molar-refractivity contribution in [2.24, 2.45) is 0 Å². The van der Waals surface area contributed by atoms with Gasteiger partial charge in [0, 0.05) is 17.7 Å². The molecule has 4 nitrogen and oxygen atoms in total. The molecule has 1 heterocycles. The normalized spacial score (nSPS) is 10.9. The largest absolute Gasteiger partial charge is 0.342 e. The number of hydrogen-bond acceptors (Lipinski definition) is 2. The van der Waals surface area contributed by atoms with Crippen LogP contribution in [-0.2, 0) is 12.8 Å². The molecule has 4 rings (SSSR count). The van der Waals surface area contributed by atoms with E-state index in [9.17, 15) is 4.79 Å². The molecule has 0 fully saturated rings. The molecule has 27 heavy (non-hydrogen) atoms. The Balaban J connectivity index is 1.51. The molecule has 0 aliphatic carbocycles. The number of nitrogens with one attached hydrogen (secondary N) is 2. The van der Waals surface area contributed by atoms with Crippen molar-refractivity contribution in [2.75, 3.05) is 5.32 Å². The zero-order valence-corrected chi connectivity index (χ0v) is 15.2. The van der Waals surface area contributed by atoms with Crippen LogP contribution in [0.1, 0.15) is 27.3 Å². The Morgan fingerprint density at radius 2 is 1.67 bits per heavy atom. The first-order valence-corrected chi connectivity index (χ1v) is 9.09. The third-order valence-corrected chi connectivity index (χ3v) is 4.72. The van der Waals surface area contributed by atoms with Crippen LogP contribution < -0.4 is 5.32 Å². The summed E-state index contributed by atoms with van der Waals surface area (Å²) in [6, 6.07) is 23.6. The molecule has 0 aliphatic heterocycles. The summed E-state index contributed by atoms with van der Waals surface area (Å²) in [5.74, 6) is 0.875. The molecular formula is C23H21N3O. The SMILES string of the molecule is Cc1ccccc1C(=O)Nc1ccccc1CCc1nc2ccccc2[nH]1. The smallest absolute Gasteiger partial charge is 0.255 e. The van der Waals surface area contributed by atoms with Crippen molar-refractivity contribution in [2.45, 2.75) is 19.8 Å². The van der Waals surface area contributed by atoms with E-state index >= 15 is 0 Å². The average molecular weight is 355 g/mol. The topological polar surface area (TPSA) is 57.8 Å². The van der Waals surface area contributed by atoms with Crippen molar-refractivity contribution in [3.8, 4) is 0 Å². The molecule has 4 heteroatoms. The Bertz CT molecular complexity index is 1060. The van der Waals surface area contributed by atoms with Crippen LogP contribution in [0.25, 0.3) is 11.0 Å². The molecule has 0 unspecified atom stereocenters. The summed E-state index contributed by atoms with van der Waals surface area (Å²) in [4.78, 5) is 20.6. The number of fused-ring (bicyclic) bond motifs is 1. The Morgan fingerprint density at radius 1 is 0.926 bits per heavy atom. The van der Waals surface area contributed by atoms with Gasteiger partial charge < -0.3 is 10.3 Å². The highest BCUT2D eigenvalue weighted by Crippen LogP contribution is 2.20. The summed E-state index contributed by atoms with van der Waals surface area (Å²) in [6.07, 6.45) is 1.58. The number of anilines is 1. The van der Waals surface area contributed by atoms with Crippen molar-refractivity contribution >= 4 is 22.6 Å². The average Bonchev–Trinajstić information content (AvgIpc) is 3.10. The number of aromatic nitrogens is 2. The van der Waals surface area contributed by atoms with Gasteiger partial charge in [-0.25, -0.2) is 4.98 Å². The molecule has 134 valence electrons. The molecule has 2 N–H and O–H groups in total. The van der Waals surface area contributed by atoms with Crippen molar-refractivity contribution in [3.05, 3.63) is 95.3 Å². The van der Waals surface area contributed by atoms with Gasteiger partial charge in [0.15, 0.2) is 0 Å². The first-order valence-electron chi connectivity index (χ1n) is 9.09. The Labute approximate surface area is 158 Å². The van der Waals surface area contributed by atoms with Gasteiger partial charge in [-0.05, 0) is 48.7 Å². The second kappa shape index (κ2) is 7.46. The molecule has 4 aromatic rings. The molecule has 0 spiro atoms. The fraction of sp³-hybridized carbons (Fsp3) is 0.130. The second-order valence-corrected chi connectivity index (χ2v) is 6.63. The fourth-order valence-electron chi connectivity index (χ4n) is 3.25. The van der Waals surface area contributed by atoms with Crippen LogP contribution in [-0.4, -0.2) is 15.9 Å². The standard InChI is InChI=1S/C23H21N3O/c1-16-8-2-4-10-18(16)23(27)26-19-11-5-3-9-17(19)14-15-22-24-20-12-6-7-13-21(20)25-22/h2-13H,14-15H2,1H3,(H,24,25)(H,26,27). The number of nitrogens with zero attached hydrogens (tertiary/aromatic N) is 1. The number of amides is 1. The highest BCUT2D eigenvalue weighted by molar-refractivity contribution is 6.05. The number of carbonyl (C=O) groups is 1. The number of rotatable bonds is 5. The zero-order valence-electron chi connectivity index (χ0n) is 15.2. The lowest BCUT2D eigenvalue weighted by atomic mass is 10.1. The van der Waals surface area contributed by atoms with E-state index < -0.39 is 0 Å². The van der Waals surface area contributed by atoms with Crippen molar-refractivity contribution in [3.63, 3.8) is 0 Å². The quantitative estimate of drug-likeness (QED) is 0.534. The minimum absolute atomic E-state index is 0.0794. The van der Waals surface area contributed by atoms with Crippen LogP contribution in [0, 0.1) is 6.92 Å². The molecule has 1 aromatic heterocycles. The summed E-state index contributed by atoms with van der Waals surface area (Å²) >= 11 is 0. The van der Waals surface area contributed by atoms with Gasteiger partial charge in [-0.3, -0.25) is 4.79 Å². The van der Waals surface area contributed by atoms with Crippen LogP contribution in [0.4, 0.5) is 5.69 Å². The summed E-state index contributed by atoms with van der Waals surface area (Å²) in [5.41, 5.74) is 5.64. The predicted molar refractivity (Wildman–Crippen MR) is 109 cm³/mol. The zero-order chi connectivity index (χ0) is 18.6. The summed E-state index contributed by atoms with van der Waals surface area (Å²) in [7, 11) is 0. The maximum atomic E-state index is 12.6. The van der Waals surface area contributed by atoms with Crippen LogP contribution in [0.2, 0.25) is 0 Å². The number of H-pyrrole nitrogens is 1. The van der Waals surface area contributed by atoms with E-state index in [1.165, 1.54) is 0 Å². The highest BCUT2D eigenvalue weighted by atomic mass is 16.1. The maximum absolute atomic E-state index is 12.6. The van der Waals surface area contributed by atoms with Gasteiger partial charge >= 0.3 is 0 Å². The van der Waals surface area contributed by atoms with Crippen molar-refractivity contribution in [1.29, 1.82) is 0 Å². The van der Waals surface area contributed by atoms with Crippen LogP contribution in [0.5, 0.6) is 0 Å². The maximum Gasteiger partial charge on any atom is 0.255 e. The third kappa shape index (κ3) is 3.75. The lowest BCUT2D eigenvalue weighted by Gasteiger charge is -2.12. The van der Waals surface area contributed by atoms with E-state index in [2.05, 4.69) is 21.4 Å². The third-order valence-electron chi connectivity index (χ3n) is 4.72.